The van der Waals surface area contributed by atoms with Crippen molar-refractivity contribution in [3.8, 4) is 0 Å². The van der Waals surface area contributed by atoms with E-state index in [4.69, 9.17) is 4.42 Å². The SMILES string of the molecule is Cl.O=C(Nc1ccccc1)Nc1cc(N2CCNCC2)c2occc2c1. The van der Waals surface area contributed by atoms with Crippen LogP contribution in [0.2, 0.25) is 0 Å². The predicted molar refractivity (Wildman–Crippen MR) is 108 cm³/mol. The topological polar surface area (TPSA) is 69.5 Å². The van der Waals surface area contributed by atoms with Gasteiger partial charge in [0.1, 0.15) is 0 Å². The molecule has 7 heteroatoms. The number of nitrogens with zero attached hydrogens (tertiary/aromatic N) is 1. The van der Waals surface area contributed by atoms with Crippen LogP contribution >= 0.6 is 12.4 Å². The summed E-state index contributed by atoms with van der Waals surface area (Å²) in [5.41, 5.74) is 3.37. The molecule has 0 unspecified atom stereocenters. The first-order chi connectivity index (χ1) is 12.3. The Labute approximate surface area is 158 Å². The number of urea groups is 1. The van der Waals surface area contributed by atoms with E-state index in [1.54, 1.807) is 6.26 Å². The maximum absolute atomic E-state index is 12.3. The van der Waals surface area contributed by atoms with Crippen molar-refractivity contribution < 1.29 is 9.21 Å². The molecule has 4 rings (SSSR count). The lowest BCUT2D eigenvalue weighted by atomic mass is 10.1. The largest absolute Gasteiger partial charge is 0.462 e. The zero-order chi connectivity index (χ0) is 17.1. The summed E-state index contributed by atoms with van der Waals surface area (Å²) in [6.07, 6.45) is 1.68. The molecule has 6 nitrogen and oxygen atoms in total. The molecule has 1 saturated heterocycles. The Kier molecular flexibility index (Phi) is 5.65. The number of carbonyl (C=O) groups excluding carboxylic acids is 1. The Balaban J connectivity index is 0.00000196. The van der Waals surface area contributed by atoms with Crippen LogP contribution in [0.4, 0.5) is 21.9 Å². The number of hydrogen-bond donors (Lipinski definition) is 3. The summed E-state index contributed by atoms with van der Waals surface area (Å²) in [5, 5.41) is 10.1. The van der Waals surface area contributed by atoms with Crippen LogP contribution < -0.4 is 20.9 Å². The Morgan fingerprint density at radius 2 is 1.73 bits per heavy atom. The van der Waals surface area contributed by atoms with Crippen molar-refractivity contribution in [2.45, 2.75) is 0 Å². The fourth-order valence-electron chi connectivity index (χ4n) is 3.09. The predicted octanol–water partition coefficient (Wildman–Crippen LogP) is 3.91. The lowest BCUT2D eigenvalue weighted by Gasteiger charge is -2.29. The van der Waals surface area contributed by atoms with Gasteiger partial charge in [-0.05, 0) is 30.3 Å². The molecule has 1 aliphatic heterocycles. The molecule has 0 bridgehead atoms. The summed E-state index contributed by atoms with van der Waals surface area (Å²) in [5.74, 6) is 0. The minimum absolute atomic E-state index is 0. The Morgan fingerprint density at radius 3 is 2.50 bits per heavy atom. The first-order valence-electron chi connectivity index (χ1n) is 8.39. The molecule has 1 fully saturated rings. The maximum atomic E-state index is 12.3. The smallest absolute Gasteiger partial charge is 0.323 e. The molecule has 1 aliphatic rings. The number of nitrogens with one attached hydrogen (secondary N) is 3. The second-order valence-electron chi connectivity index (χ2n) is 6.02. The second kappa shape index (κ2) is 8.12. The number of amides is 2. The first-order valence-corrected chi connectivity index (χ1v) is 8.39. The average Bonchev–Trinajstić information content (AvgIpc) is 3.11. The van der Waals surface area contributed by atoms with E-state index < -0.39 is 0 Å². The number of para-hydroxylation sites is 1. The molecular weight excluding hydrogens is 352 g/mol. The van der Waals surface area contributed by atoms with E-state index in [1.807, 2.05) is 48.5 Å². The van der Waals surface area contributed by atoms with Crippen LogP contribution in [-0.4, -0.2) is 32.2 Å². The minimum Gasteiger partial charge on any atom is -0.462 e. The third kappa shape index (κ3) is 3.92. The molecule has 26 heavy (non-hydrogen) atoms. The van der Waals surface area contributed by atoms with Gasteiger partial charge >= 0.3 is 6.03 Å². The molecule has 2 aromatic carbocycles. The van der Waals surface area contributed by atoms with Gasteiger partial charge < -0.3 is 25.3 Å². The van der Waals surface area contributed by atoms with Crippen LogP contribution in [0.1, 0.15) is 0 Å². The van der Waals surface area contributed by atoms with Gasteiger partial charge in [0, 0.05) is 42.9 Å². The molecule has 1 aromatic heterocycles. The van der Waals surface area contributed by atoms with Crippen molar-refractivity contribution in [2.24, 2.45) is 0 Å². The molecule has 2 heterocycles. The molecule has 3 aromatic rings. The van der Waals surface area contributed by atoms with Crippen LogP contribution in [0.5, 0.6) is 0 Å². The lowest BCUT2D eigenvalue weighted by Crippen LogP contribution is -2.43. The quantitative estimate of drug-likeness (QED) is 0.652. The number of piperazine rings is 1. The molecule has 0 radical (unpaired) electrons. The van der Waals surface area contributed by atoms with Gasteiger partial charge in [-0.25, -0.2) is 4.79 Å². The summed E-state index contributed by atoms with van der Waals surface area (Å²) in [7, 11) is 0. The Hall–Kier alpha value is -2.70. The van der Waals surface area contributed by atoms with Gasteiger partial charge in [0.05, 0.1) is 12.0 Å². The van der Waals surface area contributed by atoms with E-state index in [9.17, 15) is 4.79 Å². The van der Waals surface area contributed by atoms with Crippen LogP contribution in [0.25, 0.3) is 11.0 Å². The standard InChI is InChI=1S/C19H20N4O2.ClH/c24-19(21-15-4-2-1-3-5-15)22-16-12-14-6-11-25-18(14)17(13-16)23-9-7-20-8-10-23;/h1-6,11-13,20H,7-10H2,(H2,21,22,24);1H. The van der Waals surface area contributed by atoms with Gasteiger partial charge in [-0.2, -0.15) is 0 Å². The van der Waals surface area contributed by atoms with Crippen molar-refractivity contribution in [2.75, 3.05) is 41.7 Å². The number of halogens is 1. The number of rotatable bonds is 3. The molecule has 3 N–H and O–H groups in total. The normalized spacial score (nSPS) is 13.9. The number of fused-ring (bicyclic) bond motifs is 1. The van der Waals surface area contributed by atoms with Gasteiger partial charge in [-0.1, -0.05) is 18.2 Å². The molecule has 2 amide bonds. The summed E-state index contributed by atoms with van der Waals surface area (Å²) < 4.78 is 5.67. The molecule has 0 spiro atoms. The van der Waals surface area contributed by atoms with Crippen LogP contribution in [0, 0.1) is 0 Å². The number of furan rings is 1. The number of hydrogen-bond acceptors (Lipinski definition) is 4. The number of carbonyl (C=O) groups is 1. The van der Waals surface area contributed by atoms with Crippen LogP contribution in [0.3, 0.4) is 0 Å². The fraction of sp³-hybridized carbons (Fsp3) is 0.211. The summed E-state index contributed by atoms with van der Waals surface area (Å²) in [4.78, 5) is 14.6. The second-order valence-corrected chi connectivity index (χ2v) is 6.02. The molecule has 0 atom stereocenters. The highest BCUT2D eigenvalue weighted by Crippen LogP contribution is 2.32. The van der Waals surface area contributed by atoms with E-state index in [0.717, 1.165) is 54.2 Å². The van der Waals surface area contributed by atoms with Gasteiger partial charge in [0.2, 0.25) is 0 Å². The Morgan fingerprint density at radius 1 is 1.00 bits per heavy atom. The van der Waals surface area contributed by atoms with Crippen molar-refractivity contribution in [1.29, 1.82) is 0 Å². The molecule has 136 valence electrons. The van der Waals surface area contributed by atoms with E-state index in [-0.39, 0.29) is 18.4 Å². The van der Waals surface area contributed by atoms with Gasteiger partial charge in [0.15, 0.2) is 5.58 Å². The fourth-order valence-corrected chi connectivity index (χ4v) is 3.09. The first kappa shape index (κ1) is 18.1. The lowest BCUT2D eigenvalue weighted by molar-refractivity contribution is 0.262. The van der Waals surface area contributed by atoms with Crippen LogP contribution in [0.15, 0.2) is 59.2 Å². The maximum Gasteiger partial charge on any atom is 0.323 e. The highest BCUT2D eigenvalue weighted by molar-refractivity contribution is 6.02. The van der Waals surface area contributed by atoms with Gasteiger partial charge in [-0.15, -0.1) is 12.4 Å². The van der Waals surface area contributed by atoms with E-state index in [1.165, 1.54) is 0 Å². The monoisotopic (exact) mass is 372 g/mol. The zero-order valence-electron chi connectivity index (χ0n) is 14.2. The highest BCUT2D eigenvalue weighted by atomic mass is 35.5. The van der Waals surface area contributed by atoms with Crippen molar-refractivity contribution >= 4 is 46.5 Å². The molecular formula is C19H21ClN4O2. The zero-order valence-corrected chi connectivity index (χ0v) is 15.0. The van der Waals surface area contributed by atoms with Crippen LogP contribution in [-0.2, 0) is 0 Å². The minimum atomic E-state index is -0.264. The number of benzene rings is 2. The Bertz CT molecular complexity index is 876. The summed E-state index contributed by atoms with van der Waals surface area (Å²) in [6, 6.07) is 14.9. The van der Waals surface area contributed by atoms with Crippen molar-refractivity contribution in [1.82, 2.24) is 5.32 Å². The average molecular weight is 373 g/mol. The van der Waals surface area contributed by atoms with E-state index >= 15 is 0 Å². The summed E-state index contributed by atoms with van der Waals surface area (Å²) >= 11 is 0. The third-order valence-electron chi connectivity index (χ3n) is 4.28. The number of anilines is 3. The van der Waals surface area contributed by atoms with E-state index in [2.05, 4.69) is 20.9 Å². The van der Waals surface area contributed by atoms with E-state index in [0.29, 0.717) is 0 Å². The van der Waals surface area contributed by atoms with Crippen molar-refractivity contribution in [3.05, 3.63) is 54.8 Å². The molecule has 0 aliphatic carbocycles. The van der Waals surface area contributed by atoms with Gasteiger partial charge in [0.25, 0.3) is 0 Å². The summed E-state index contributed by atoms with van der Waals surface area (Å²) in [6.45, 7) is 3.70. The molecule has 0 saturated carbocycles. The van der Waals surface area contributed by atoms with Gasteiger partial charge in [-0.3, -0.25) is 0 Å². The highest BCUT2D eigenvalue weighted by Gasteiger charge is 2.17. The third-order valence-corrected chi connectivity index (χ3v) is 4.28. The van der Waals surface area contributed by atoms with Crippen molar-refractivity contribution in [3.63, 3.8) is 0 Å².